The van der Waals surface area contributed by atoms with Crippen LogP contribution in [0.2, 0.25) is 10.0 Å². The molecule has 0 radical (unpaired) electrons. The number of benzene rings is 1. The Morgan fingerprint density at radius 3 is 2.81 bits per heavy atom. The number of amides is 1. The quantitative estimate of drug-likeness (QED) is 0.695. The monoisotopic (exact) mass is 405 g/mol. The van der Waals surface area contributed by atoms with E-state index in [1.54, 1.807) is 19.2 Å². The normalized spacial score (nSPS) is 14.4. The third-order valence-electron chi connectivity index (χ3n) is 4.80. The van der Waals surface area contributed by atoms with Crippen LogP contribution >= 0.6 is 23.2 Å². The molecule has 1 saturated heterocycles. The van der Waals surface area contributed by atoms with Crippen LogP contribution in [0.25, 0.3) is 16.8 Å². The Bertz CT molecular complexity index is 1030. The molecule has 1 N–H and O–H groups in total. The number of carboxylic acid groups (broad SMARTS) is 1. The van der Waals surface area contributed by atoms with Crippen molar-refractivity contribution >= 4 is 34.9 Å². The summed E-state index contributed by atoms with van der Waals surface area (Å²) in [5, 5.41) is 9.83. The molecule has 1 fully saturated rings. The summed E-state index contributed by atoms with van der Waals surface area (Å²) >= 11 is 12.6. The van der Waals surface area contributed by atoms with Crippen molar-refractivity contribution in [3.05, 3.63) is 52.4 Å². The Labute approximate surface area is 165 Å². The second-order valence-electron chi connectivity index (χ2n) is 6.61. The number of hydrogen-bond acceptors (Lipinski definition) is 3. The molecule has 1 aliphatic rings. The molecule has 0 unspecified atom stereocenters. The van der Waals surface area contributed by atoms with Crippen LogP contribution in [0.3, 0.4) is 0 Å². The average molecular weight is 406 g/mol. The van der Waals surface area contributed by atoms with E-state index in [9.17, 15) is 4.79 Å². The molecule has 140 valence electrons. The maximum atomic E-state index is 10.9. The van der Waals surface area contributed by atoms with Gasteiger partial charge in [0.2, 0.25) is 0 Å². The van der Waals surface area contributed by atoms with Gasteiger partial charge in [0.1, 0.15) is 11.4 Å². The Hall–Kier alpha value is -2.44. The fraction of sp³-hybridized carbons (Fsp3) is 0.263. The van der Waals surface area contributed by atoms with Crippen LogP contribution in [0, 0.1) is 5.92 Å². The van der Waals surface area contributed by atoms with E-state index in [0.29, 0.717) is 34.8 Å². The molecule has 8 heteroatoms. The lowest BCUT2D eigenvalue weighted by Crippen LogP contribution is -2.50. The molecule has 0 bridgehead atoms. The van der Waals surface area contributed by atoms with Crippen LogP contribution in [0.5, 0.6) is 5.75 Å². The number of rotatable bonds is 4. The SMILES string of the molecule is COc1ccc(Cl)c(Cl)c1-c1ccn2cc(CC3CN(C(=O)O)C3)nc2c1. The van der Waals surface area contributed by atoms with Crippen molar-refractivity contribution in [2.75, 3.05) is 20.2 Å². The first-order chi connectivity index (χ1) is 13.0. The van der Waals surface area contributed by atoms with Crippen LogP contribution in [-0.2, 0) is 6.42 Å². The van der Waals surface area contributed by atoms with Gasteiger partial charge in [0.25, 0.3) is 0 Å². The molecule has 4 rings (SSSR count). The fourth-order valence-electron chi connectivity index (χ4n) is 3.41. The predicted molar refractivity (Wildman–Crippen MR) is 104 cm³/mol. The number of aromatic nitrogens is 2. The van der Waals surface area contributed by atoms with E-state index in [0.717, 1.165) is 28.9 Å². The van der Waals surface area contributed by atoms with Gasteiger partial charge in [-0.3, -0.25) is 0 Å². The highest BCUT2D eigenvalue weighted by molar-refractivity contribution is 6.44. The van der Waals surface area contributed by atoms with Crippen LogP contribution in [-0.4, -0.2) is 45.7 Å². The molecular weight excluding hydrogens is 389 g/mol. The zero-order chi connectivity index (χ0) is 19.1. The largest absolute Gasteiger partial charge is 0.496 e. The Balaban J connectivity index is 1.63. The van der Waals surface area contributed by atoms with E-state index >= 15 is 0 Å². The number of ether oxygens (including phenoxy) is 1. The first kappa shape index (κ1) is 17.9. The molecule has 1 aliphatic heterocycles. The van der Waals surface area contributed by atoms with Crippen molar-refractivity contribution in [3.8, 4) is 16.9 Å². The standard InChI is InChI=1S/C19H17Cl2N3O3/c1-27-15-3-2-14(20)18(21)17(15)12-4-5-23-10-13(22-16(23)7-12)6-11-8-24(9-11)19(25)26/h2-5,7,10-11H,6,8-9H2,1H3,(H,25,26). The maximum absolute atomic E-state index is 10.9. The number of imidazole rings is 1. The van der Waals surface area contributed by atoms with Gasteiger partial charge in [-0.1, -0.05) is 23.2 Å². The molecule has 6 nitrogen and oxygen atoms in total. The number of pyridine rings is 1. The molecule has 3 heterocycles. The second-order valence-corrected chi connectivity index (χ2v) is 7.39. The predicted octanol–water partition coefficient (Wildman–Crippen LogP) is 4.47. The van der Waals surface area contributed by atoms with Crippen LogP contribution in [0.4, 0.5) is 4.79 Å². The van der Waals surface area contributed by atoms with E-state index in [2.05, 4.69) is 4.98 Å². The van der Waals surface area contributed by atoms with Gasteiger partial charge in [0.05, 0.1) is 22.8 Å². The smallest absolute Gasteiger partial charge is 0.407 e. The number of carbonyl (C=O) groups is 1. The molecule has 2 aromatic heterocycles. The second kappa shape index (κ2) is 6.94. The zero-order valence-corrected chi connectivity index (χ0v) is 16.0. The van der Waals surface area contributed by atoms with Crippen LogP contribution < -0.4 is 4.74 Å². The van der Waals surface area contributed by atoms with Gasteiger partial charge in [-0.05, 0) is 42.2 Å². The van der Waals surface area contributed by atoms with Crippen LogP contribution in [0.1, 0.15) is 5.69 Å². The lowest BCUT2D eigenvalue weighted by molar-refractivity contribution is 0.0816. The summed E-state index contributed by atoms with van der Waals surface area (Å²) in [6.07, 6.45) is 3.78. The highest BCUT2D eigenvalue weighted by atomic mass is 35.5. The molecule has 1 amide bonds. The van der Waals surface area contributed by atoms with E-state index < -0.39 is 6.09 Å². The van der Waals surface area contributed by atoms with Crippen molar-refractivity contribution in [3.63, 3.8) is 0 Å². The van der Waals surface area contributed by atoms with Crippen LogP contribution in [0.15, 0.2) is 36.7 Å². The molecule has 27 heavy (non-hydrogen) atoms. The number of hydrogen-bond donors (Lipinski definition) is 1. The Kier molecular flexibility index (Phi) is 4.61. The molecule has 0 atom stereocenters. The van der Waals surface area contributed by atoms with E-state index in [4.69, 9.17) is 33.0 Å². The van der Waals surface area contributed by atoms with Crippen molar-refractivity contribution in [2.24, 2.45) is 5.92 Å². The molecule has 3 aromatic rings. The molecule has 0 aliphatic carbocycles. The Morgan fingerprint density at radius 2 is 2.11 bits per heavy atom. The van der Waals surface area contributed by atoms with Gasteiger partial charge in [0, 0.05) is 31.0 Å². The van der Waals surface area contributed by atoms with Crippen molar-refractivity contribution in [2.45, 2.75) is 6.42 Å². The van der Waals surface area contributed by atoms with E-state index in [1.807, 2.05) is 28.9 Å². The summed E-state index contributed by atoms with van der Waals surface area (Å²) in [7, 11) is 1.59. The van der Waals surface area contributed by atoms with E-state index in [1.165, 1.54) is 4.90 Å². The third-order valence-corrected chi connectivity index (χ3v) is 5.61. The Morgan fingerprint density at radius 1 is 1.33 bits per heavy atom. The van der Waals surface area contributed by atoms with E-state index in [-0.39, 0.29) is 0 Å². The summed E-state index contributed by atoms with van der Waals surface area (Å²) in [6, 6.07) is 7.37. The lowest BCUT2D eigenvalue weighted by atomic mass is 9.95. The minimum absolute atomic E-state index is 0.313. The first-order valence-electron chi connectivity index (χ1n) is 8.44. The van der Waals surface area contributed by atoms with Gasteiger partial charge < -0.3 is 19.1 Å². The molecule has 1 aromatic carbocycles. The van der Waals surface area contributed by atoms with Crippen molar-refractivity contribution in [1.29, 1.82) is 0 Å². The summed E-state index contributed by atoms with van der Waals surface area (Å²) in [6.45, 7) is 1.12. The number of halogens is 2. The molecule has 0 saturated carbocycles. The highest BCUT2D eigenvalue weighted by Gasteiger charge is 2.30. The number of fused-ring (bicyclic) bond motifs is 1. The summed E-state index contributed by atoms with van der Waals surface area (Å²) in [5.74, 6) is 0.955. The van der Waals surface area contributed by atoms with Gasteiger partial charge in [-0.25, -0.2) is 9.78 Å². The average Bonchev–Trinajstić information content (AvgIpc) is 3.01. The summed E-state index contributed by atoms with van der Waals surface area (Å²) in [5.41, 5.74) is 3.32. The number of methoxy groups -OCH3 is 1. The van der Waals surface area contributed by atoms with Gasteiger partial charge >= 0.3 is 6.09 Å². The van der Waals surface area contributed by atoms with Crippen molar-refractivity contribution < 1.29 is 14.6 Å². The summed E-state index contributed by atoms with van der Waals surface area (Å²) < 4.78 is 7.38. The highest BCUT2D eigenvalue weighted by Crippen LogP contribution is 2.40. The lowest BCUT2D eigenvalue weighted by Gasteiger charge is -2.36. The fourth-order valence-corrected chi connectivity index (χ4v) is 3.83. The zero-order valence-electron chi connectivity index (χ0n) is 14.5. The van der Waals surface area contributed by atoms with Crippen molar-refractivity contribution in [1.82, 2.24) is 14.3 Å². The summed E-state index contributed by atoms with van der Waals surface area (Å²) in [4.78, 5) is 17.0. The maximum Gasteiger partial charge on any atom is 0.407 e. The minimum atomic E-state index is -0.863. The topological polar surface area (TPSA) is 67.1 Å². The number of nitrogens with zero attached hydrogens (tertiary/aromatic N) is 3. The van der Waals surface area contributed by atoms with Gasteiger partial charge in [-0.15, -0.1) is 0 Å². The third kappa shape index (κ3) is 3.31. The minimum Gasteiger partial charge on any atom is -0.496 e. The molecule has 0 spiro atoms. The molecular formula is C19H17Cl2N3O3. The van der Waals surface area contributed by atoms with Gasteiger partial charge in [-0.2, -0.15) is 0 Å². The number of likely N-dealkylation sites (tertiary alicyclic amines) is 1. The first-order valence-corrected chi connectivity index (χ1v) is 9.19. The van der Waals surface area contributed by atoms with Gasteiger partial charge in [0.15, 0.2) is 0 Å².